The molecule has 0 bridgehead atoms. The molecule has 4 rings (SSSR count). The lowest BCUT2D eigenvalue weighted by Gasteiger charge is -2.45. The van der Waals surface area contributed by atoms with Crippen LogP contribution in [0.15, 0.2) is 36.2 Å². The summed E-state index contributed by atoms with van der Waals surface area (Å²) in [6.45, 7) is 2.65. The fraction of sp³-hybridized carbons (Fsp3) is 0.312. The molecule has 3 heterocycles. The number of hydrogen-bond donors (Lipinski definition) is 0. The van der Waals surface area contributed by atoms with Gasteiger partial charge in [-0.3, -0.25) is 9.69 Å². The van der Waals surface area contributed by atoms with E-state index in [4.69, 9.17) is 9.47 Å². The van der Waals surface area contributed by atoms with Crippen LogP contribution >= 0.6 is 11.9 Å². The normalized spacial score (nSPS) is 24.6. The van der Waals surface area contributed by atoms with Gasteiger partial charge in [-0.2, -0.15) is 0 Å². The van der Waals surface area contributed by atoms with Crippen molar-refractivity contribution >= 4 is 29.8 Å². The molecule has 8 heteroatoms. The number of rotatable bonds is 3. The molecule has 1 fully saturated rings. The maximum absolute atomic E-state index is 12.6. The number of carbonyl (C=O) groups excluding carboxylic acids is 3. The molecule has 0 aliphatic carbocycles. The van der Waals surface area contributed by atoms with Crippen molar-refractivity contribution in [3.8, 4) is 0 Å². The van der Waals surface area contributed by atoms with Gasteiger partial charge in [0.05, 0.1) is 12.0 Å². The summed E-state index contributed by atoms with van der Waals surface area (Å²) in [5.74, 6) is -1.32. The molecule has 7 nitrogen and oxygen atoms in total. The van der Waals surface area contributed by atoms with Gasteiger partial charge in [0.2, 0.25) is 5.91 Å². The van der Waals surface area contributed by atoms with Crippen molar-refractivity contribution < 1.29 is 23.9 Å². The number of benzene rings is 1. The number of amides is 1. The van der Waals surface area contributed by atoms with Crippen LogP contribution in [0.4, 0.5) is 0 Å². The summed E-state index contributed by atoms with van der Waals surface area (Å²) in [4.78, 5) is 37.6. The predicted molar refractivity (Wildman–Crippen MR) is 84.0 cm³/mol. The third kappa shape index (κ3) is 2.25. The minimum Gasteiger partial charge on any atom is -0.417 e. The van der Waals surface area contributed by atoms with Crippen molar-refractivity contribution in [3.63, 3.8) is 0 Å². The Labute approximate surface area is 142 Å². The number of β-lactam (4-membered cyclic amide) rings is 1. The van der Waals surface area contributed by atoms with Gasteiger partial charge in [-0.15, -0.1) is 0 Å². The average molecular weight is 346 g/mol. The van der Waals surface area contributed by atoms with Crippen molar-refractivity contribution in [2.24, 2.45) is 0 Å². The molecular weight excluding hydrogens is 332 g/mol. The van der Waals surface area contributed by atoms with E-state index in [-0.39, 0.29) is 17.0 Å². The molecule has 0 spiro atoms. The molecule has 0 saturated carbocycles. The minimum atomic E-state index is -1.08. The van der Waals surface area contributed by atoms with Gasteiger partial charge < -0.3 is 13.8 Å². The lowest BCUT2D eigenvalue weighted by atomic mass is 10.1. The standard InChI is InChI=1S/C16H14N2O5S/c1-2-17-8-11(18-12(19)7-13(18)24-17)15(21)23-16-10-6-4-3-5-9(10)14(20)22-16/h3-6,8,13,16H,2,7H2,1H3/t13-,16?/m0/s1. The second kappa shape index (κ2) is 5.55. The Morgan fingerprint density at radius 3 is 2.92 bits per heavy atom. The Hall–Kier alpha value is -2.48. The second-order valence-electron chi connectivity index (χ2n) is 5.51. The van der Waals surface area contributed by atoms with Crippen molar-refractivity contribution in [2.75, 3.05) is 6.54 Å². The van der Waals surface area contributed by atoms with E-state index in [0.29, 0.717) is 24.1 Å². The summed E-state index contributed by atoms with van der Waals surface area (Å²) in [6.07, 6.45) is 0.914. The van der Waals surface area contributed by atoms with Gasteiger partial charge in [0.15, 0.2) is 0 Å². The Balaban J connectivity index is 1.57. The van der Waals surface area contributed by atoms with Crippen LogP contribution in [-0.2, 0) is 19.1 Å². The van der Waals surface area contributed by atoms with Crippen molar-refractivity contribution in [1.29, 1.82) is 0 Å². The zero-order chi connectivity index (χ0) is 16.8. The highest BCUT2D eigenvalue weighted by atomic mass is 32.2. The number of carbonyl (C=O) groups is 3. The molecule has 24 heavy (non-hydrogen) atoms. The molecule has 0 N–H and O–H groups in total. The maximum Gasteiger partial charge on any atom is 0.360 e. The summed E-state index contributed by atoms with van der Waals surface area (Å²) in [6, 6.07) is 6.76. The van der Waals surface area contributed by atoms with Gasteiger partial charge >= 0.3 is 11.9 Å². The number of ether oxygens (including phenoxy) is 2. The lowest BCUT2D eigenvalue weighted by Crippen LogP contribution is -2.55. The van der Waals surface area contributed by atoms with E-state index in [1.165, 1.54) is 16.8 Å². The number of cyclic esters (lactones) is 1. The van der Waals surface area contributed by atoms with Crippen LogP contribution in [-0.4, -0.2) is 39.0 Å². The van der Waals surface area contributed by atoms with Gasteiger partial charge in [0.1, 0.15) is 11.1 Å². The highest BCUT2D eigenvalue weighted by Crippen LogP contribution is 2.40. The van der Waals surface area contributed by atoms with Gasteiger partial charge in [-0.1, -0.05) is 18.2 Å². The first-order valence-electron chi connectivity index (χ1n) is 7.56. The molecule has 1 saturated heterocycles. The quantitative estimate of drug-likeness (QED) is 0.469. The zero-order valence-corrected chi connectivity index (χ0v) is 13.6. The summed E-state index contributed by atoms with van der Waals surface area (Å²) in [5, 5.41) is -0.0802. The van der Waals surface area contributed by atoms with Crippen LogP contribution in [0, 0.1) is 0 Å². The monoisotopic (exact) mass is 346 g/mol. The molecule has 1 amide bonds. The van der Waals surface area contributed by atoms with Crippen molar-refractivity contribution in [3.05, 3.63) is 47.3 Å². The minimum absolute atomic E-state index is 0.0802. The van der Waals surface area contributed by atoms with Crippen LogP contribution in [0.2, 0.25) is 0 Å². The first-order chi connectivity index (χ1) is 11.6. The highest BCUT2D eigenvalue weighted by molar-refractivity contribution is 7.97. The van der Waals surface area contributed by atoms with Crippen LogP contribution in [0.25, 0.3) is 0 Å². The summed E-state index contributed by atoms with van der Waals surface area (Å²) >= 11 is 1.51. The van der Waals surface area contributed by atoms with E-state index in [0.717, 1.165) is 0 Å². The smallest absolute Gasteiger partial charge is 0.360 e. The van der Waals surface area contributed by atoms with Crippen molar-refractivity contribution in [1.82, 2.24) is 9.21 Å². The van der Waals surface area contributed by atoms with Gasteiger partial charge in [-0.25, -0.2) is 9.59 Å². The largest absolute Gasteiger partial charge is 0.417 e. The zero-order valence-electron chi connectivity index (χ0n) is 12.8. The molecule has 3 aliphatic rings. The van der Waals surface area contributed by atoms with Crippen LogP contribution in [0.3, 0.4) is 0 Å². The van der Waals surface area contributed by atoms with Crippen LogP contribution < -0.4 is 0 Å². The highest BCUT2D eigenvalue weighted by Gasteiger charge is 2.46. The number of nitrogens with zero attached hydrogens (tertiary/aromatic N) is 2. The number of fused-ring (bicyclic) bond motifs is 2. The predicted octanol–water partition coefficient (Wildman–Crippen LogP) is 1.78. The summed E-state index contributed by atoms with van der Waals surface area (Å²) in [7, 11) is 0. The second-order valence-corrected chi connectivity index (χ2v) is 6.73. The number of esters is 2. The van der Waals surface area contributed by atoms with E-state index in [2.05, 4.69) is 0 Å². The van der Waals surface area contributed by atoms with Crippen LogP contribution in [0.1, 0.15) is 35.6 Å². The maximum atomic E-state index is 12.6. The van der Waals surface area contributed by atoms with Crippen molar-refractivity contribution in [2.45, 2.75) is 25.0 Å². The summed E-state index contributed by atoms with van der Waals surface area (Å²) in [5.41, 5.74) is 1.08. The van der Waals surface area contributed by atoms with Gasteiger partial charge in [0, 0.05) is 18.3 Å². The average Bonchev–Trinajstić information content (AvgIpc) is 2.89. The fourth-order valence-corrected chi connectivity index (χ4v) is 3.99. The Morgan fingerprint density at radius 1 is 1.38 bits per heavy atom. The SMILES string of the molecule is CCN1C=C(C(=O)OC2OC(=O)c3ccccc32)N2C(=O)C[C@@H]2S1. The number of hydrogen-bond acceptors (Lipinski definition) is 7. The molecule has 0 aromatic heterocycles. The van der Waals surface area contributed by atoms with E-state index < -0.39 is 18.2 Å². The van der Waals surface area contributed by atoms with E-state index in [1.807, 2.05) is 11.2 Å². The first kappa shape index (κ1) is 15.1. The van der Waals surface area contributed by atoms with Gasteiger partial charge in [-0.05, 0) is 24.9 Å². The lowest BCUT2D eigenvalue weighted by molar-refractivity contribution is -0.168. The molecule has 1 unspecified atom stereocenters. The third-order valence-electron chi connectivity index (χ3n) is 4.07. The molecule has 3 aliphatic heterocycles. The molecule has 2 atom stereocenters. The fourth-order valence-electron chi connectivity index (χ4n) is 2.82. The molecular formula is C16H14N2O5S. The van der Waals surface area contributed by atoms with Gasteiger partial charge in [0.25, 0.3) is 6.29 Å². The molecule has 1 aromatic rings. The van der Waals surface area contributed by atoms with E-state index in [1.54, 1.807) is 30.5 Å². The molecule has 0 radical (unpaired) electrons. The van der Waals surface area contributed by atoms with E-state index in [9.17, 15) is 14.4 Å². The topological polar surface area (TPSA) is 76.2 Å². The molecule has 1 aromatic carbocycles. The summed E-state index contributed by atoms with van der Waals surface area (Å²) < 4.78 is 12.4. The third-order valence-corrected chi connectivity index (χ3v) is 5.33. The first-order valence-corrected chi connectivity index (χ1v) is 8.40. The Morgan fingerprint density at radius 2 is 2.17 bits per heavy atom. The molecule has 124 valence electrons. The Bertz CT molecular complexity index is 777. The Kier molecular flexibility index (Phi) is 3.49. The van der Waals surface area contributed by atoms with Crippen LogP contribution in [0.5, 0.6) is 0 Å². The van der Waals surface area contributed by atoms with E-state index >= 15 is 0 Å².